The Hall–Kier alpha value is -2.13. The number of hydrogen-bond acceptors (Lipinski definition) is 2. The van der Waals surface area contributed by atoms with Crippen molar-refractivity contribution in [2.75, 3.05) is 19.6 Å². The van der Waals surface area contributed by atoms with E-state index in [4.69, 9.17) is 0 Å². The fourth-order valence-electron chi connectivity index (χ4n) is 3.80. The summed E-state index contributed by atoms with van der Waals surface area (Å²) in [5, 5.41) is 3.05. The van der Waals surface area contributed by atoms with Crippen molar-refractivity contribution in [3.63, 3.8) is 0 Å². The van der Waals surface area contributed by atoms with Gasteiger partial charge in [-0.05, 0) is 36.9 Å². The minimum atomic E-state index is 0.0895. The summed E-state index contributed by atoms with van der Waals surface area (Å²) >= 11 is 0. The lowest BCUT2D eigenvalue weighted by atomic mass is 9.88. The minimum Gasteiger partial charge on any atom is -0.354 e. The van der Waals surface area contributed by atoms with Crippen molar-refractivity contribution in [1.82, 2.24) is 10.2 Å². The lowest BCUT2D eigenvalue weighted by Gasteiger charge is -2.33. The quantitative estimate of drug-likeness (QED) is 0.870. The lowest BCUT2D eigenvalue weighted by molar-refractivity contribution is -0.119. The van der Waals surface area contributed by atoms with Crippen LogP contribution in [0.15, 0.2) is 60.7 Å². The summed E-state index contributed by atoms with van der Waals surface area (Å²) in [5.41, 5.74) is 2.78. The molecule has 3 rings (SSSR count). The van der Waals surface area contributed by atoms with Gasteiger partial charge in [0.2, 0.25) is 5.91 Å². The Morgan fingerprint density at radius 3 is 2.00 bits per heavy atom. The Morgan fingerprint density at radius 1 is 1.00 bits per heavy atom. The molecule has 0 saturated carbocycles. The van der Waals surface area contributed by atoms with Gasteiger partial charge in [0.05, 0.1) is 0 Å². The van der Waals surface area contributed by atoms with Crippen LogP contribution in [0.2, 0.25) is 0 Å². The van der Waals surface area contributed by atoms with Crippen molar-refractivity contribution < 1.29 is 4.79 Å². The number of benzene rings is 2. The van der Waals surface area contributed by atoms with E-state index in [9.17, 15) is 4.79 Å². The average Bonchev–Trinajstić information content (AvgIpc) is 2.65. The van der Waals surface area contributed by atoms with Crippen molar-refractivity contribution in [2.45, 2.75) is 38.1 Å². The Balaban J connectivity index is 1.60. The van der Waals surface area contributed by atoms with Gasteiger partial charge in [-0.15, -0.1) is 0 Å². The van der Waals surface area contributed by atoms with Gasteiger partial charge in [0, 0.05) is 32.0 Å². The van der Waals surface area contributed by atoms with Crippen LogP contribution < -0.4 is 5.32 Å². The van der Waals surface area contributed by atoms with Crippen LogP contribution in [0.4, 0.5) is 0 Å². The van der Waals surface area contributed by atoms with Crippen LogP contribution in [0.25, 0.3) is 0 Å². The second-order valence-corrected chi connectivity index (χ2v) is 6.98. The first-order valence-corrected chi connectivity index (χ1v) is 9.31. The van der Waals surface area contributed by atoms with Gasteiger partial charge in [0.25, 0.3) is 0 Å². The standard InChI is InChI=1S/C22H28N2O/c1-18(25)23-21-12-15-24(16-13-21)17-14-22(19-8-4-2-5-9-19)20-10-6-3-7-11-20/h2-11,21-22H,12-17H2,1H3,(H,23,25). The molecule has 1 aliphatic heterocycles. The third kappa shape index (κ3) is 5.17. The maximum Gasteiger partial charge on any atom is 0.217 e. The van der Waals surface area contributed by atoms with E-state index in [-0.39, 0.29) is 5.91 Å². The van der Waals surface area contributed by atoms with E-state index in [0.29, 0.717) is 12.0 Å². The Kier molecular flexibility index (Phi) is 6.24. The molecule has 1 fully saturated rings. The predicted octanol–water partition coefficient (Wildman–Crippen LogP) is 3.81. The Bertz CT molecular complexity index is 609. The molecule has 2 aromatic carbocycles. The number of piperidine rings is 1. The molecule has 1 saturated heterocycles. The van der Waals surface area contributed by atoms with E-state index < -0.39 is 0 Å². The molecule has 1 heterocycles. The lowest BCUT2D eigenvalue weighted by Crippen LogP contribution is -2.44. The summed E-state index contributed by atoms with van der Waals surface area (Å²) in [7, 11) is 0. The van der Waals surface area contributed by atoms with E-state index in [1.54, 1.807) is 6.92 Å². The monoisotopic (exact) mass is 336 g/mol. The average molecular weight is 336 g/mol. The van der Waals surface area contributed by atoms with Crippen molar-refractivity contribution >= 4 is 5.91 Å². The molecule has 0 spiro atoms. The third-order valence-corrected chi connectivity index (χ3v) is 5.13. The number of likely N-dealkylation sites (tertiary alicyclic amines) is 1. The molecule has 0 radical (unpaired) electrons. The van der Waals surface area contributed by atoms with Gasteiger partial charge in [-0.3, -0.25) is 4.79 Å². The van der Waals surface area contributed by atoms with Crippen LogP contribution in [-0.4, -0.2) is 36.5 Å². The van der Waals surface area contributed by atoms with E-state index in [2.05, 4.69) is 70.9 Å². The van der Waals surface area contributed by atoms with Crippen molar-refractivity contribution in [3.05, 3.63) is 71.8 Å². The van der Waals surface area contributed by atoms with Crippen molar-refractivity contribution in [2.24, 2.45) is 0 Å². The normalized spacial score (nSPS) is 16.1. The molecule has 1 N–H and O–H groups in total. The van der Waals surface area contributed by atoms with Gasteiger partial charge >= 0.3 is 0 Å². The van der Waals surface area contributed by atoms with Crippen LogP contribution in [0.1, 0.15) is 43.2 Å². The molecule has 0 aromatic heterocycles. The topological polar surface area (TPSA) is 32.3 Å². The molecule has 1 aliphatic rings. The van der Waals surface area contributed by atoms with E-state index >= 15 is 0 Å². The molecule has 0 unspecified atom stereocenters. The molecular weight excluding hydrogens is 308 g/mol. The Morgan fingerprint density at radius 2 is 1.52 bits per heavy atom. The van der Waals surface area contributed by atoms with E-state index in [1.807, 2.05) is 0 Å². The first-order chi connectivity index (χ1) is 12.2. The van der Waals surface area contributed by atoms with Gasteiger partial charge in [-0.25, -0.2) is 0 Å². The van der Waals surface area contributed by atoms with Crippen LogP contribution in [-0.2, 0) is 4.79 Å². The first-order valence-electron chi connectivity index (χ1n) is 9.31. The molecule has 0 aliphatic carbocycles. The van der Waals surface area contributed by atoms with Crippen LogP contribution in [0.3, 0.4) is 0 Å². The molecule has 0 atom stereocenters. The van der Waals surface area contributed by atoms with Gasteiger partial charge in [0.1, 0.15) is 0 Å². The smallest absolute Gasteiger partial charge is 0.217 e. The maximum atomic E-state index is 11.2. The number of nitrogens with one attached hydrogen (secondary N) is 1. The van der Waals surface area contributed by atoms with E-state index in [0.717, 1.165) is 38.9 Å². The SMILES string of the molecule is CC(=O)NC1CCN(CCC(c2ccccc2)c2ccccc2)CC1. The molecular formula is C22H28N2O. The van der Waals surface area contributed by atoms with Crippen LogP contribution >= 0.6 is 0 Å². The maximum absolute atomic E-state index is 11.2. The van der Waals surface area contributed by atoms with Crippen LogP contribution in [0.5, 0.6) is 0 Å². The van der Waals surface area contributed by atoms with Gasteiger partial charge < -0.3 is 10.2 Å². The first kappa shape index (κ1) is 17.7. The number of amides is 1. The number of hydrogen-bond donors (Lipinski definition) is 1. The number of carbonyl (C=O) groups excluding carboxylic acids is 1. The molecule has 3 nitrogen and oxygen atoms in total. The summed E-state index contributed by atoms with van der Waals surface area (Å²) < 4.78 is 0. The highest BCUT2D eigenvalue weighted by atomic mass is 16.1. The van der Waals surface area contributed by atoms with Crippen LogP contribution in [0, 0.1) is 0 Å². The predicted molar refractivity (Wildman–Crippen MR) is 103 cm³/mol. The van der Waals surface area contributed by atoms with Gasteiger partial charge in [-0.1, -0.05) is 60.7 Å². The fraction of sp³-hybridized carbons (Fsp3) is 0.409. The highest BCUT2D eigenvalue weighted by Gasteiger charge is 2.21. The second kappa shape index (κ2) is 8.82. The minimum absolute atomic E-state index is 0.0895. The molecule has 3 heteroatoms. The molecule has 0 bridgehead atoms. The summed E-state index contributed by atoms with van der Waals surface area (Å²) in [4.78, 5) is 13.7. The Labute approximate surface area is 151 Å². The summed E-state index contributed by atoms with van der Waals surface area (Å²) in [6.45, 7) is 4.85. The van der Waals surface area contributed by atoms with Crippen molar-refractivity contribution in [3.8, 4) is 0 Å². The second-order valence-electron chi connectivity index (χ2n) is 6.98. The zero-order valence-electron chi connectivity index (χ0n) is 15.0. The van der Waals surface area contributed by atoms with E-state index in [1.165, 1.54) is 11.1 Å². The fourth-order valence-corrected chi connectivity index (χ4v) is 3.80. The highest BCUT2D eigenvalue weighted by Crippen LogP contribution is 2.28. The van der Waals surface area contributed by atoms with Gasteiger partial charge in [0.15, 0.2) is 0 Å². The summed E-state index contributed by atoms with van der Waals surface area (Å²) in [6, 6.07) is 22.0. The molecule has 1 amide bonds. The van der Waals surface area contributed by atoms with Crippen molar-refractivity contribution in [1.29, 1.82) is 0 Å². The summed E-state index contributed by atoms with van der Waals surface area (Å²) in [6.07, 6.45) is 3.24. The third-order valence-electron chi connectivity index (χ3n) is 5.13. The number of carbonyl (C=O) groups is 1. The molecule has 2 aromatic rings. The molecule has 25 heavy (non-hydrogen) atoms. The zero-order chi connectivity index (χ0) is 17.5. The zero-order valence-corrected chi connectivity index (χ0v) is 15.0. The summed E-state index contributed by atoms with van der Waals surface area (Å²) in [5.74, 6) is 0.530. The number of rotatable bonds is 6. The number of nitrogens with zero attached hydrogens (tertiary/aromatic N) is 1. The largest absolute Gasteiger partial charge is 0.354 e. The molecule has 132 valence electrons. The highest BCUT2D eigenvalue weighted by molar-refractivity contribution is 5.73. The van der Waals surface area contributed by atoms with Gasteiger partial charge in [-0.2, -0.15) is 0 Å².